The Balaban J connectivity index is 1.64. The molecule has 1 aromatic carbocycles. The molecule has 1 aromatic heterocycles. The van der Waals surface area contributed by atoms with E-state index < -0.39 is 0 Å². The van der Waals surface area contributed by atoms with E-state index in [1.54, 1.807) is 0 Å². The molecule has 3 rings (SSSR count). The van der Waals surface area contributed by atoms with Crippen molar-refractivity contribution >= 4 is 5.91 Å². The average molecular weight is 298 g/mol. The van der Waals surface area contributed by atoms with Crippen molar-refractivity contribution in [2.45, 2.75) is 51.5 Å². The molecule has 0 radical (unpaired) electrons. The van der Waals surface area contributed by atoms with Gasteiger partial charge >= 0.3 is 0 Å². The first-order valence-electron chi connectivity index (χ1n) is 7.89. The Bertz CT molecular complexity index is 637. The van der Waals surface area contributed by atoms with Gasteiger partial charge in [0, 0.05) is 12.0 Å². The van der Waals surface area contributed by atoms with Gasteiger partial charge in [0.2, 0.25) is 5.91 Å². The number of carbonyl (C=O) groups is 1. The molecule has 1 fully saturated rings. The van der Waals surface area contributed by atoms with Crippen molar-refractivity contribution in [3.05, 3.63) is 52.9 Å². The van der Waals surface area contributed by atoms with Crippen molar-refractivity contribution < 1.29 is 9.32 Å². The molecule has 0 saturated heterocycles. The predicted octanol–water partition coefficient (Wildman–Crippen LogP) is 3.42. The molecule has 1 saturated carbocycles. The van der Waals surface area contributed by atoms with Crippen molar-refractivity contribution in [1.82, 2.24) is 10.5 Å². The lowest BCUT2D eigenvalue weighted by molar-refractivity contribution is -0.124. The van der Waals surface area contributed by atoms with E-state index in [-0.39, 0.29) is 11.4 Å². The van der Waals surface area contributed by atoms with E-state index in [4.69, 9.17) is 4.52 Å². The predicted molar refractivity (Wildman–Crippen MR) is 84.4 cm³/mol. The first-order valence-corrected chi connectivity index (χ1v) is 7.89. The van der Waals surface area contributed by atoms with E-state index in [1.807, 2.05) is 32.0 Å². The highest BCUT2D eigenvalue weighted by molar-refractivity contribution is 5.77. The van der Waals surface area contributed by atoms with Crippen molar-refractivity contribution in [1.29, 1.82) is 0 Å². The van der Waals surface area contributed by atoms with E-state index in [0.29, 0.717) is 12.8 Å². The Morgan fingerprint density at radius 1 is 1.27 bits per heavy atom. The maximum atomic E-state index is 12.4. The van der Waals surface area contributed by atoms with Crippen LogP contribution >= 0.6 is 0 Å². The molecule has 4 nitrogen and oxygen atoms in total. The highest BCUT2D eigenvalue weighted by Crippen LogP contribution is 2.41. The van der Waals surface area contributed by atoms with Gasteiger partial charge in [0.1, 0.15) is 5.76 Å². The molecule has 1 aliphatic carbocycles. The first-order chi connectivity index (χ1) is 10.6. The van der Waals surface area contributed by atoms with Gasteiger partial charge in [0.15, 0.2) is 0 Å². The third kappa shape index (κ3) is 2.78. The second-order valence-corrected chi connectivity index (χ2v) is 6.15. The molecule has 1 aliphatic rings. The van der Waals surface area contributed by atoms with Gasteiger partial charge in [0.05, 0.1) is 11.2 Å². The van der Waals surface area contributed by atoms with Gasteiger partial charge < -0.3 is 9.84 Å². The zero-order chi connectivity index (χ0) is 15.6. The standard InChI is InChI=1S/C18H22N2O2/c1-13-16(14(2)22-20-13)9-10-17(21)19-18(11-6-12-18)15-7-4-3-5-8-15/h3-5,7-8H,6,9-12H2,1-2H3,(H,19,21). The van der Waals surface area contributed by atoms with E-state index in [0.717, 1.165) is 29.9 Å². The zero-order valence-electron chi connectivity index (χ0n) is 13.2. The number of amides is 1. The number of aryl methyl sites for hydroxylation is 2. The van der Waals surface area contributed by atoms with Gasteiger partial charge in [-0.05, 0) is 45.1 Å². The van der Waals surface area contributed by atoms with Crippen molar-refractivity contribution in [2.75, 3.05) is 0 Å². The van der Waals surface area contributed by atoms with E-state index in [9.17, 15) is 4.79 Å². The van der Waals surface area contributed by atoms with Crippen molar-refractivity contribution in [3.8, 4) is 0 Å². The van der Waals surface area contributed by atoms with E-state index in [1.165, 1.54) is 12.0 Å². The number of carbonyl (C=O) groups excluding carboxylic acids is 1. The van der Waals surface area contributed by atoms with Crippen LogP contribution in [-0.4, -0.2) is 11.1 Å². The van der Waals surface area contributed by atoms with Gasteiger partial charge in [0.25, 0.3) is 0 Å². The number of aromatic nitrogens is 1. The molecule has 0 aliphatic heterocycles. The maximum absolute atomic E-state index is 12.4. The van der Waals surface area contributed by atoms with Crippen LogP contribution in [0.5, 0.6) is 0 Å². The molecule has 116 valence electrons. The minimum atomic E-state index is -0.156. The topological polar surface area (TPSA) is 55.1 Å². The molecule has 0 bridgehead atoms. The average Bonchev–Trinajstić information content (AvgIpc) is 2.81. The second-order valence-electron chi connectivity index (χ2n) is 6.15. The summed E-state index contributed by atoms with van der Waals surface area (Å²) in [4.78, 5) is 12.4. The molecule has 1 amide bonds. The van der Waals surface area contributed by atoms with Gasteiger partial charge in [-0.15, -0.1) is 0 Å². The fourth-order valence-electron chi connectivity index (χ4n) is 3.20. The van der Waals surface area contributed by atoms with Gasteiger partial charge in [-0.25, -0.2) is 0 Å². The highest BCUT2D eigenvalue weighted by atomic mass is 16.5. The van der Waals surface area contributed by atoms with E-state index >= 15 is 0 Å². The van der Waals surface area contributed by atoms with Gasteiger partial charge in [-0.3, -0.25) is 4.79 Å². The summed E-state index contributed by atoms with van der Waals surface area (Å²) >= 11 is 0. The fraction of sp³-hybridized carbons (Fsp3) is 0.444. The van der Waals surface area contributed by atoms with Crippen LogP contribution < -0.4 is 5.32 Å². The molecule has 22 heavy (non-hydrogen) atoms. The number of rotatable bonds is 5. The SMILES string of the molecule is Cc1noc(C)c1CCC(=O)NC1(c2ccccc2)CCC1. The lowest BCUT2D eigenvalue weighted by Gasteiger charge is -2.43. The van der Waals surface area contributed by atoms with E-state index in [2.05, 4.69) is 22.6 Å². The van der Waals surface area contributed by atoms with Crippen LogP contribution in [0.25, 0.3) is 0 Å². The van der Waals surface area contributed by atoms with Crippen LogP contribution in [-0.2, 0) is 16.8 Å². The molecule has 0 spiro atoms. The Kier molecular flexibility index (Phi) is 4.01. The lowest BCUT2D eigenvalue weighted by atomic mass is 9.71. The van der Waals surface area contributed by atoms with Crippen molar-refractivity contribution in [3.63, 3.8) is 0 Å². The smallest absolute Gasteiger partial charge is 0.221 e. The quantitative estimate of drug-likeness (QED) is 0.920. The summed E-state index contributed by atoms with van der Waals surface area (Å²) in [5.74, 6) is 0.912. The van der Waals surface area contributed by atoms with Crippen LogP contribution in [0.1, 0.15) is 48.3 Å². The zero-order valence-corrected chi connectivity index (χ0v) is 13.2. The minimum Gasteiger partial charge on any atom is -0.361 e. The Hall–Kier alpha value is -2.10. The summed E-state index contributed by atoms with van der Waals surface area (Å²) in [7, 11) is 0. The Labute approximate surface area is 130 Å². The summed E-state index contributed by atoms with van der Waals surface area (Å²) in [5, 5.41) is 7.19. The second kappa shape index (κ2) is 5.95. The molecule has 1 N–H and O–H groups in total. The number of nitrogens with one attached hydrogen (secondary N) is 1. The number of hydrogen-bond donors (Lipinski definition) is 1. The largest absolute Gasteiger partial charge is 0.361 e. The fourth-order valence-corrected chi connectivity index (χ4v) is 3.20. The highest BCUT2D eigenvalue weighted by Gasteiger charge is 2.39. The number of nitrogens with zero attached hydrogens (tertiary/aromatic N) is 1. The van der Waals surface area contributed by atoms with Crippen LogP contribution in [0.15, 0.2) is 34.9 Å². The van der Waals surface area contributed by atoms with Crippen LogP contribution in [0, 0.1) is 13.8 Å². The number of hydrogen-bond acceptors (Lipinski definition) is 3. The molecule has 0 atom stereocenters. The summed E-state index contributed by atoms with van der Waals surface area (Å²) in [6.07, 6.45) is 4.36. The molecule has 0 unspecified atom stereocenters. The van der Waals surface area contributed by atoms with Crippen molar-refractivity contribution in [2.24, 2.45) is 0 Å². The normalized spacial score (nSPS) is 16.1. The molecular weight excluding hydrogens is 276 g/mol. The third-order valence-electron chi connectivity index (χ3n) is 4.70. The minimum absolute atomic E-state index is 0.101. The molecule has 2 aromatic rings. The summed E-state index contributed by atoms with van der Waals surface area (Å²) < 4.78 is 5.15. The Morgan fingerprint density at radius 3 is 2.55 bits per heavy atom. The summed E-state index contributed by atoms with van der Waals surface area (Å²) in [6.45, 7) is 3.81. The van der Waals surface area contributed by atoms with Crippen LogP contribution in [0.2, 0.25) is 0 Å². The summed E-state index contributed by atoms with van der Waals surface area (Å²) in [6, 6.07) is 10.3. The lowest BCUT2D eigenvalue weighted by Crippen LogP contribution is -2.50. The summed E-state index contributed by atoms with van der Waals surface area (Å²) in [5.41, 5.74) is 2.99. The molecular formula is C18H22N2O2. The first kappa shape index (κ1) is 14.8. The van der Waals surface area contributed by atoms with Crippen LogP contribution in [0.3, 0.4) is 0 Å². The van der Waals surface area contributed by atoms with Gasteiger partial charge in [-0.1, -0.05) is 35.5 Å². The van der Waals surface area contributed by atoms with Crippen LogP contribution in [0.4, 0.5) is 0 Å². The Morgan fingerprint density at radius 2 is 2.00 bits per heavy atom. The monoisotopic (exact) mass is 298 g/mol. The third-order valence-corrected chi connectivity index (χ3v) is 4.70. The maximum Gasteiger partial charge on any atom is 0.221 e. The molecule has 4 heteroatoms. The number of benzene rings is 1. The molecule has 1 heterocycles. The van der Waals surface area contributed by atoms with Gasteiger partial charge in [-0.2, -0.15) is 0 Å².